The first kappa shape index (κ1) is 18.7. The minimum atomic E-state index is -0.324. The molecular formula is C22H21N3O4. The highest BCUT2D eigenvalue weighted by Gasteiger charge is 2.28. The molecule has 0 unspecified atom stereocenters. The van der Waals surface area contributed by atoms with Crippen molar-refractivity contribution < 1.29 is 19.1 Å². The number of rotatable bonds is 5. The number of carbonyl (C=O) groups is 2. The lowest BCUT2D eigenvalue weighted by molar-refractivity contribution is 0.0956. The van der Waals surface area contributed by atoms with Gasteiger partial charge in [-0.15, -0.1) is 0 Å². The summed E-state index contributed by atoms with van der Waals surface area (Å²) in [6.07, 6.45) is 3.58. The number of fused-ring (bicyclic) bond motifs is 1. The topological polar surface area (TPSA) is 93.3 Å². The van der Waals surface area contributed by atoms with Crippen LogP contribution in [0.3, 0.4) is 0 Å². The van der Waals surface area contributed by atoms with Crippen molar-refractivity contribution >= 4 is 17.4 Å². The van der Waals surface area contributed by atoms with E-state index in [-0.39, 0.29) is 11.7 Å². The number of H-pyrrole nitrogens is 1. The number of Topliss-reactive ketones (excluding diaryl/α,β-unsaturated/α-hetero) is 1. The summed E-state index contributed by atoms with van der Waals surface area (Å²) in [5.74, 6) is 1.21. The van der Waals surface area contributed by atoms with Crippen molar-refractivity contribution in [2.24, 2.45) is 0 Å². The van der Waals surface area contributed by atoms with Gasteiger partial charge in [0, 0.05) is 23.9 Å². The quantitative estimate of drug-likeness (QED) is 0.677. The predicted molar refractivity (Wildman–Crippen MR) is 108 cm³/mol. The fourth-order valence-corrected chi connectivity index (χ4v) is 3.54. The molecule has 0 saturated heterocycles. The Labute approximate surface area is 168 Å². The Morgan fingerprint density at radius 1 is 1.14 bits per heavy atom. The van der Waals surface area contributed by atoms with Gasteiger partial charge in [0.2, 0.25) is 5.88 Å². The molecule has 1 aromatic carbocycles. The lowest BCUT2D eigenvalue weighted by Crippen LogP contribution is -2.18. The zero-order valence-corrected chi connectivity index (χ0v) is 16.2. The second kappa shape index (κ2) is 7.79. The van der Waals surface area contributed by atoms with Crippen LogP contribution in [0.25, 0.3) is 0 Å². The summed E-state index contributed by atoms with van der Waals surface area (Å²) in [6, 6.07) is 10.6. The van der Waals surface area contributed by atoms with Gasteiger partial charge >= 0.3 is 0 Å². The van der Waals surface area contributed by atoms with Crippen LogP contribution in [-0.2, 0) is 6.42 Å². The van der Waals surface area contributed by atoms with Gasteiger partial charge in [0.05, 0.1) is 30.1 Å². The Bertz CT molecular complexity index is 1070. The first-order valence-electron chi connectivity index (χ1n) is 9.39. The summed E-state index contributed by atoms with van der Waals surface area (Å²) in [5.41, 5.74) is 3.00. The highest BCUT2D eigenvalue weighted by Crippen LogP contribution is 2.31. The summed E-state index contributed by atoms with van der Waals surface area (Å²) in [7, 11) is 1.57. The van der Waals surface area contributed by atoms with Crippen LogP contribution in [0.15, 0.2) is 42.6 Å². The maximum Gasteiger partial charge on any atom is 0.258 e. The third kappa shape index (κ3) is 3.71. The molecule has 7 nitrogen and oxygen atoms in total. The van der Waals surface area contributed by atoms with Gasteiger partial charge < -0.3 is 19.8 Å². The van der Waals surface area contributed by atoms with Crippen molar-refractivity contribution in [3.63, 3.8) is 0 Å². The fourth-order valence-electron chi connectivity index (χ4n) is 3.54. The number of aromatic nitrogens is 2. The number of ketones is 1. The van der Waals surface area contributed by atoms with Crippen molar-refractivity contribution in [3.05, 3.63) is 65.1 Å². The molecule has 4 rings (SSSR count). The monoisotopic (exact) mass is 391 g/mol. The zero-order chi connectivity index (χ0) is 20.4. The maximum atomic E-state index is 12.8. The minimum absolute atomic E-state index is 0.0134. The Balaban J connectivity index is 1.50. The molecule has 2 N–H and O–H groups in total. The molecule has 0 spiro atoms. The number of amides is 1. The molecular weight excluding hydrogens is 370 g/mol. The van der Waals surface area contributed by atoms with Crippen LogP contribution in [0.4, 0.5) is 5.69 Å². The Kier molecular flexibility index (Phi) is 5.03. The van der Waals surface area contributed by atoms with Gasteiger partial charge in [-0.2, -0.15) is 0 Å². The maximum absolute atomic E-state index is 12.8. The van der Waals surface area contributed by atoms with E-state index in [0.29, 0.717) is 46.3 Å². The standard InChI is InChI=1S/C22H21N3O4/c1-13-20(21-15(24-13)6-5-7-16(21)26)22(27)25-14-10-11-19(23-12-14)29-18-9-4-3-8-17(18)28-2/h3-4,8-12,24H,5-7H2,1-2H3,(H,25,27). The number of ether oxygens (including phenoxy) is 2. The Morgan fingerprint density at radius 2 is 1.93 bits per heavy atom. The molecule has 3 aromatic rings. The molecule has 1 amide bonds. The number of benzene rings is 1. The predicted octanol–water partition coefficient (Wildman–Crippen LogP) is 4.29. The van der Waals surface area contributed by atoms with E-state index in [1.807, 2.05) is 19.1 Å². The molecule has 0 fully saturated rings. The molecule has 0 aliphatic heterocycles. The Morgan fingerprint density at radius 3 is 2.66 bits per heavy atom. The molecule has 1 aliphatic rings. The van der Waals surface area contributed by atoms with Crippen LogP contribution in [-0.4, -0.2) is 28.8 Å². The number of aromatic amines is 1. The van der Waals surface area contributed by atoms with Crippen LogP contribution in [0.2, 0.25) is 0 Å². The van der Waals surface area contributed by atoms with E-state index in [9.17, 15) is 9.59 Å². The minimum Gasteiger partial charge on any atom is -0.493 e. The number of aryl methyl sites for hydroxylation is 2. The van der Waals surface area contributed by atoms with Crippen LogP contribution in [0, 0.1) is 6.92 Å². The average Bonchev–Trinajstić information content (AvgIpc) is 3.07. The van der Waals surface area contributed by atoms with Crippen molar-refractivity contribution in [2.75, 3.05) is 12.4 Å². The first-order chi connectivity index (χ1) is 14.1. The fraction of sp³-hybridized carbons (Fsp3) is 0.227. The number of hydrogen-bond donors (Lipinski definition) is 2. The average molecular weight is 391 g/mol. The molecule has 148 valence electrons. The second-order valence-electron chi connectivity index (χ2n) is 6.85. The number of hydrogen-bond acceptors (Lipinski definition) is 5. The van der Waals surface area contributed by atoms with Gasteiger partial charge in [-0.05, 0) is 38.0 Å². The van der Waals surface area contributed by atoms with Gasteiger partial charge in [0.25, 0.3) is 5.91 Å². The summed E-state index contributed by atoms with van der Waals surface area (Å²) < 4.78 is 11.0. The summed E-state index contributed by atoms with van der Waals surface area (Å²) in [5, 5.41) is 2.82. The number of anilines is 1. The first-order valence-corrected chi connectivity index (χ1v) is 9.39. The van der Waals surface area contributed by atoms with Gasteiger partial charge in [-0.25, -0.2) is 4.98 Å². The summed E-state index contributed by atoms with van der Waals surface area (Å²) >= 11 is 0. The molecule has 0 saturated carbocycles. The van der Waals surface area contributed by atoms with E-state index in [0.717, 1.165) is 18.5 Å². The highest BCUT2D eigenvalue weighted by molar-refractivity contribution is 6.14. The number of methoxy groups -OCH3 is 1. The number of nitrogens with zero attached hydrogens (tertiary/aromatic N) is 1. The molecule has 0 radical (unpaired) electrons. The van der Waals surface area contributed by atoms with Crippen molar-refractivity contribution in [1.82, 2.24) is 9.97 Å². The lowest BCUT2D eigenvalue weighted by Gasteiger charge is -2.12. The van der Waals surface area contributed by atoms with Crippen molar-refractivity contribution in [2.45, 2.75) is 26.2 Å². The van der Waals surface area contributed by atoms with Crippen molar-refractivity contribution in [3.8, 4) is 17.4 Å². The molecule has 7 heteroatoms. The van der Waals surface area contributed by atoms with E-state index in [1.54, 1.807) is 31.4 Å². The van der Waals surface area contributed by atoms with Crippen LogP contribution < -0.4 is 14.8 Å². The normalized spacial score (nSPS) is 13.0. The van der Waals surface area contributed by atoms with Crippen molar-refractivity contribution in [1.29, 1.82) is 0 Å². The summed E-state index contributed by atoms with van der Waals surface area (Å²) in [6.45, 7) is 1.81. The second-order valence-corrected chi connectivity index (χ2v) is 6.85. The summed E-state index contributed by atoms with van der Waals surface area (Å²) in [4.78, 5) is 32.5. The third-order valence-electron chi connectivity index (χ3n) is 4.88. The van der Waals surface area contributed by atoms with E-state index in [1.165, 1.54) is 6.20 Å². The highest BCUT2D eigenvalue weighted by atomic mass is 16.5. The van der Waals surface area contributed by atoms with E-state index < -0.39 is 0 Å². The van der Waals surface area contributed by atoms with Crippen LogP contribution in [0.1, 0.15) is 44.9 Å². The third-order valence-corrected chi connectivity index (χ3v) is 4.88. The van der Waals surface area contributed by atoms with Gasteiger partial charge in [-0.3, -0.25) is 9.59 Å². The Hall–Kier alpha value is -3.61. The zero-order valence-electron chi connectivity index (χ0n) is 16.2. The number of carbonyl (C=O) groups excluding carboxylic acids is 2. The lowest BCUT2D eigenvalue weighted by atomic mass is 9.93. The SMILES string of the molecule is COc1ccccc1Oc1ccc(NC(=O)c2c(C)[nH]c3c2C(=O)CCC3)cn1. The molecule has 29 heavy (non-hydrogen) atoms. The van der Waals surface area contributed by atoms with Crippen LogP contribution >= 0.6 is 0 Å². The van der Waals surface area contributed by atoms with E-state index in [4.69, 9.17) is 9.47 Å². The van der Waals surface area contributed by atoms with Gasteiger partial charge in [-0.1, -0.05) is 12.1 Å². The number of para-hydroxylation sites is 2. The molecule has 0 atom stereocenters. The van der Waals surface area contributed by atoms with Gasteiger partial charge in [0.15, 0.2) is 17.3 Å². The van der Waals surface area contributed by atoms with Gasteiger partial charge in [0.1, 0.15) is 0 Å². The molecule has 2 aromatic heterocycles. The molecule has 0 bridgehead atoms. The molecule has 2 heterocycles. The van der Waals surface area contributed by atoms with E-state index in [2.05, 4.69) is 15.3 Å². The molecule has 1 aliphatic carbocycles. The van der Waals surface area contributed by atoms with Crippen LogP contribution in [0.5, 0.6) is 17.4 Å². The smallest absolute Gasteiger partial charge is 0.258 e. The largest absolute Gasteiger partial charge is 0.493 e. The number of pyridine rings is 1. The number of nitrogens with one attached hydrogen (secondary N) is 2. The van der Waals surface area contributed by atoms with E-state index >= 15 is 0 Å².